The standard InChI is InChI=1S/C12H18ClNO2S/c1-12(2,17(3,15)16)9-14-8-10-5-4-6-11(13)7-10/h4-7,14H,8-9H2,1-3H3. The Hall–Kier alpha value is -0.580. The van der Waals surface area contributed by atoms with Crippen LogP contribution in [0.15, 0.2) is 24.3 Å². The number of hydrogen-bond acceptors (Lipinski definition) is 3. The van der Waals surface area contributed by atoms with E-state index in [0.717, 1.165) is 5.56 Å². The van der Waals surface area contributed by atoms with Gasteiger partial charge in [-0.05, 0) is 31.5 Å². The second-order valence-corrected chi connectivity index (χ2v) is 7.85. The summed E-state index contributed by atoms with van der Waals surface area (Å²) in [5.74, 6) is 0. The molecule has 0 unspecified atom stereocenters. The van der Waals surface area contributed by atoms with Gasteiger partial charge in [0.2, 0.25) is 0 Å². The van der Waals surface area contributed by atoms with Crippen LogP contribution in [-0.4, -0.2) is 26.0 Å². The first-order chi connectivity index (χ1) is 7.72. The third-order valence-electron chi connectivity index (χ3n) is 2.77. The van der Waals surface area contributed by atoms with Crippen LogP contribution in [0.1, 0.15) is 19.4 Å². The van der Waals surface area contributed by atoms with E-state index < -0.39 is 14.6 Å². The van der Waals surface area contributed by atoms with Gasteiger partial charge in [-0.2, -0.15) is 0 Å². The van der Waals surface area contributed by atoms with Gasteiger partial charge in [-0.3, -0.25) is 0 Å². The molecule has 5 heteroatoms. The molecular weight excluding hydrogens is 258 g/mol. The van der Waals surface area contributed by atoms with E-state index in [1.807, 2.05) is 24.3 Å². The Morgan fingerprint density at radius 1 is 1.35 bits per heavy atom. The highest BCUT2D eigenvalue weighted by molar-refractivity contribution is 7.92. The molecule has 0 amide bonds. The van der Waals surface area contributed by atoms with Crippen molar-refractivity contribution in [2.24, 2.45) is 0 Å². The minimum Gasteiger partial charge on any atom is -0.311 e. The maximum Gasteiger partial charge on any atom is 0.153 e. The Kier molecular flexibility index (Phi) is 4.58. The highest BCUT2D eigenvalue weighted by Gasteiger charge is 2.29. The van der Waals surface area contributed by atoms with Crippen molar-refractivity contribution >= 4 is 21.4 Å². The third-order valence-corrected chi connectivity index (χ3v) is 5.16. The zero-order valence-corrected chi connectivity index (χ0v) is 11.9. The van der Waals surface area contributed by atoms with Crippen LogP contribution in [0.5, 0.6) is 0 Å². The lowest BCUT2D eigenvalue weighted by molar-refractivity contribution is 0.521. The molecule has 3 nitrogen and oxygen atoms in total. The fraction of sp³-hybridized carbons (Fsp3) is 0.500. The summed E-state index contributed by atoms with van der Waals surface area (Å²) in [6.45, 7) is 4.46. The van der Waals surface area contributed by atoms with Crippen molar-refractivity contribution in [2.45, 2.75) is 25.1 Å². The Balaban J connectivity index is 2.54. The van der Waals surface area contributed by atoms with E-state index in [4.69, 9.17) is 11.6 Å². The van der Waals surface area contributed by atoms with Crippen LogP contribution in [-0.2, 0) is 16.4 Å². The molecule has 1 aromatic carbocycles. The molecule has 1 rings (SSSR count). The van der Waals surface area contributed by atoms with E-state index in [1.54, 1.807) is 13.8 Å². The van der Waals surface area contributed by atoms with E-state index >= 15 is 0 Å². The number of hydrogen-bond donors (Lipinski definition) is 1. The van der Waals surface area contributed by atoms with Gasteiger partial charge in [-0.1, -0.05) is 23.7 Å². The van der Waals surface area contributed by atoms with Crippen LogP contribution >= 0.6 is 11.6 Å². The van der Waals surface area contributed by atoms with Crippen molar-refractivity contribution in [3.05, 3.63) is 34.9 Å². The van der Waals surface area contributed by atoms with Gasteiger partial charge in [0.05, 0.1) is 4.75 Å². The molecule has 96 valence electrons. The first-order valence-electron chi connectivity index (χ1n) is 5.37. The lowest BCUT2D eigenvalue weighted by Crippen LogP contribution is -2.41. The summed E-state index contributed by atoms with van der Waals surface area (Å²) in [7, 11) is -3.05. The van der Waals surface area contributed by atoms with Crippen molar-refractivity contribution in [2.75, 3.05) is 12.8 Å². The van der Waals surface area contributed by atoms with E-state index in [1.165, 1.54) is 6.26 Å². The fourth-order valence-electron chi connectivity index (χ4n) is 1.29. The number of rotatable bonds is 5. The van der Waals surface area contributed by atoms with Gasteiger partial charge >= 0.3 is 0 Å². The van der Waals surface area contributed by atoms with Gasteiger partial charge in [0.1, 0.15) is 0 Å². The lowest BCUT2D eigenvalue weighted by Gasteiger charge is -2.22. The molecule has 1 aromatic rings. The molecule has 0 saturated heterocycles. The van der Waals surface area contributed by atoms with Crippen LogP contribution in [0.3, 0.4) is 0 Å². The average molecular weight is 276 g/mol. The van der Waals surface area contributed by atoms with Gasteiger partial charge in [-0.25, -0.2) is 8.42 Å². The van der Waals surface area contributed by atoms with Gasteiger partial charge in [-0.15, -0.1) is 0 Å². The van der Waals surface area contributed by atoms with Gasteiger partial charge in [0.15, 0.2) is 9.84 Å². The molecule has 0 spiro atoms. The summed E-state index contributed by atoms with van der Waals surface area (Å²) in [5, 5.41) is 3.82. The SMILES string of the molecule is CC(C)(CNCc1cccc(Cl)c1)S(C)(=O)=O. The predicted octanol–water partition coefficient (Wildman–Crippen LogP) is 2.25. The third kappa shape index (κ3) is 4.30. The molecular formula is C12H18ClNO2S. The number of benzene rings is 1. The van der Waals surface area contributed by atoms with Gasteiger partial charge in [0, 0.05) is 24.4 Å². The summed E-state index contributed by atoms with van der Waals surface area (Å²) in [6, 6.07) is 7.50. The normalized spacial score (nSPS) is 12.7. The maximum atomic E-state index is 11.5. The lowest BCUT2D eigenvalue weighted by atomic mass is 10.2. The first kappa shape index (κ1) is 14.5. The van der Waals surface area contributed by atoms with Crippen LogP contribution in [0.4, 0.5) is 0 Å². The van der Waals surface area contributed by atoms with Crippen LogP contribution in [0.2, 0.25) is 5.02 Å². The molecule has 0 radical (unpaired) electrons. The van der Waals surface area contributed by atoms with E-state index in [9.17, 15) is 8.42 Å². The highest BCUT2D eigenvalue weighted by atomic mass is 35.5. The molecule has 0 atom stereocenters. The van der Waals surface area contributed by atoms with Crippen molar-refractivity contribution in [1.29, 1.82) is 0 Å². The van der Waals surface area contributed by atoms with Gasteiger partial charge < -0.3 is 5.32 Å². The largest absolute Gasteiger partial charge is 0.311 e. The quantitative estimate of drug-likeness (QED) is 0.897. The predicted molar refractivity (Wildman–Crippen MR) is 72.1 cm³/mol. The Bertz CT molecular complexity index is 483. The van der Waals surface area contributed by atoms with Crippen LogP contribution in [0.25, 0.3) is 0 Å². The summed E-state index contributed by atoms with van der Waals surface area (Å²) < 4.78 is 22.2. The number of nitrogens with one attached hydrogen (secondary N) is 1. The molecule has 0 aromatic heterocycles. The fourth-order valence-corrected chi connectivity index (χ4v) is 1.86. The molecule has 0 bridgehead atoms. The summed E-state index contributed by atoms with van der Waals surface area (Å²) >= 11 is 5.86. The zero-order valence-electron chi connectivity index (χ0n) is 10.3. The first-order valence-corrected chi connectivity index (χ1v) is 7.64. The zero-order chi connectivity index (χ0) is 13.1. The second-order valence-electron chi connectivity index (χ2n) is 4.77. The molecule has 1 N–H and O–H groups in total. The minimum atomic E-state index is -3.05. The van der Waals surface area contributed by atoms with Gasteiger partial charge in [0.25, 0.3) is 0 Å². The Labute approximate surface area is 108 Å². The topological polar surface area (TPSA) is 46.2 Å². The maximum absolute atomic E-state index is 11.5. The number of halogens is 1. The van der Waals surface area contributed by atoms with Crippen molar-refractivity contribution in [1.82, 2.24) is 5.32 Å². The highest BCUT2D eigenvalue weighted by Crippen LogP contribution is 2.14. The molecule has 0 fully saturated rings. The summed E-state index contributed by atoms with van der Waals surface area (Å²) in [5.41, 5.74) is 1.04. The smallest absolute Gasteiger partial charge is 0.153 e. The van der Waals surface area contributed by atoms with Crippen molar-refractivity contribution in [3.63, 3.8) is 0 Å². The van der Waals surface area contributed by atoms with E-state index in [2.05, 4.69) is 5.32 Å². The minimum absolute atomic E-state index is 0.415. The van der Waals surface area contributed by atoms with Crippen LogP contribution in [0, 0.1) is 0 Å². The summed E-state index contributed by atoms with van der Waals surface area (Å²) in [4.78, 5) is 0. The molecule has 0 aliphatic carbocycles. The molecule has 17 heavy (non-hydrogen) atoms. The average Bonchev–Trinajstić information content (AvgIpc) is 2.15. The Morgan fingerprint density at radius 3 is 2.53 bits per heavy atom. The Morgan fingerprint density at radius 2 is 2.00 bits per heavy atom. The molecule has 0 aliphatic heterocycles. The van der Waals surface area contributed by atoms with E-state index in [-0.39, 0.29) is 0 Å². The molecule has 0 aliphatic rings. The molecule has 0 saturated carbocycles. The van der Waals surface area contributed by atoms with E-state index in [0.29, 0.717) is 18.1 Å². The monoisotopic (exact) mass is 275 g/mol. The summed E-state index contributed by atoms with van der Waals surface area (Å²) in [6.07, 6.45) is 1.26. The van der Waals surface area contributed by atoms with Crippen molar-refractivity contribution < 1.29 is 8.42 Å². The second kappa shape index (κ2) is 5.38. The van der Waals surface area contributed by atoms with Crippen molar-refractivity contribution in [3.8, 4) is 0 Å². The number of sulfone groups is 1. The van der Waals surface area contributed by atoms with Crippen LogP contribution < -0.4 is 5.32 Å². The molecule has 0 heterocycles.